The van der Waals surface area contributed by atoms with Crippen LogP contribution in [-0.2, 0) is 26.1 Å². The van der Waals surface area contributed by atoms with Gasteiger partial charge in [0, 0.05) is 32.1 Å². The minimum absolute atomic E-state index is 0.0762. The Labute approximate surface area is 213 Å². The van der Waals surface area contributed by atoms with Gasteiger partial charge in [-0.25, -0.2) is 9.59 Å². The number of aromatic nitrogens is 2. The maximum atomic E-state index is 13.1. The lowest BCUT2D eigenvalue weighted by molar-refractivity contribution is -0.135. The minimum atomic E-state index is -0.776. The SMILES string of the molecule is Cn1c(=O)n(C2CCC(=O)NC2=O)c2ccc(C(=O)N3CC(OC4CN(C(=O)OC(C)(C)C)C4)C3)cc21. The predicted octanol–water partition coefficient (Wildman–Crippen LogP) is 0.778. The molecule has 0 bridgehead atoms. The second-order valence-corrected chi connectivity index (χ2v) is 10.9. The predicted molar refractivity (Wildman–Crippen MR) is 131 cm³/mol. The molecule has 1 unspecified atom stereocenters. The van der Waals surface area contributed by atoms with E-state index in [9.17, 15) is 24.0 Å². The van der Waals surface area contributed by atoms with Gasteiger partial charge in [0.1, 0.15) is 11.6 Å². The maximum absolute atomic E-state index is 13.1. The molecule has 12 heteroatoms. The molecular formula is C25H31N5O7. The summed E-state index contributed by atoms with van der Waals surface area (Å²) in [7, 11) is 1.59. The van der Waals surface area contributed by atoms with E-state index in [2.05, 4.69) is 5.32 Å². The van der Waals surface area contributed by atoms with E-state index in [1.165, 1.54) is 9.13 Å². The van der Waals surface area contributed by atoms with E-state index < -0.39 is 17.6 Å². The third-order valence-electron chi connectivity index (χ3n) is 6.88. The zero-order chi connectivity index (χ0) is 26.6. The third-order valence-corrected chi connectivity index (χ3v) is 6.88. The molecule has 0 spiro atoms. The quantitative estimate of drug-likeness (QED) is 0.598. The van der Waals surface area contributed by atoms with Crippen LogP contribution in [0, 0.1) is 0 Å². The number of piperidine rings is 1. The average molecular weight is 514 g/mol. The molecule has 3 fully saturated rings. The molecule has 4 amide bonds. The van der Waals surface area contributed by atoms with Crippen molar-refractivity contribution in [2.45, 2.75) is 57.5 Å². The number of imidazole rings is 1. The van der Waals surface area contributed by atoms with E-state index in [1.54, 1.807) is 35.0 Å². The Bertz CT molecular complexity index is 1340. The number of amides is 4. The van der Waals surface area contributed by atoms with Gasteiger partial charge in [-0.05, 0) is 45.4 Å². The van der Waals surface area contributed by atoms with E-state index in [-0.39, 0.29) is 48.6 Å². The van der Waals surface area contributed by atoms with Crippen molar-refractivity contribution in [2.24, 2.45) is 7.05 Å². The van der Waals surface area contributed by atoms with Gasteiger partial charge < -0.3 is 19.3 Å². The second kappa shape index (κ2) is 9.02. The first-order chi connectivity index (χ1) is 17.4. The molecule has 1 N–H and O–H groups in total. The van der Waals surface area contributed by atoms with Crippen LogP contribution in [0.5, 0.6) is 0 Å². The van der Waals surface area contributed by atoms with Crippen LogP contribution in [0.15, 0.2) is 23.0 Å². The summed E-state index contributed by atoms with van der Waals surface area (Å²) in [6.45, 7) is 7.28. The molecular weight excluding hydrogens is 482 g/mol. The fourth-order valence-corrected chi connectivity index (χ4v) is 4.87. The number of nitrogens with one attached hydrogen (secondary N) is 1. The molecule has 0 saturated carbocycles. The first-order valence-corrected chi connectivity index (χ1v) is 12.4. The summed E-state index contributed by atoms with van der Waals surface area (Å²) in [5, 5.41) is 2.29. The molecule has 3 aliphatic rings. The van der Waals surface area contributed by atoms with Gasteiger partial charge in [0.05, 0.1) is 36.3 Å². The van der Waals surface area contributed by atoms with Crippen LogP contribution >= 0.6 is 0 Å². The number of rotatable bonds is 4. The number of likely N-dealkylation sites (tertiary alicyclic amines) is 2. The summed E-state index contributed by atoms with van der Waals surface area (Å²) in [6, 6.07) is 4.19. The molecule has 12 nitrogen and oxygen atoms in total. The highest BCUT2D eigenvalue weighted by atomic mass is 16.6. The largest absolute Gasteiger partial charge is 0.444 e. The van der Waals surface area contributed by atoms with Crippen molar-refractivity contribution >= 4 is 34.8 Å². The maximum Gasteiger partial charge on any atom is 0.410 e. The zero-order valence-corrected chi connectivity index (χ0v) is 21.4. The molecule has 3 saturated heterocycles. The van der Waals surface area contributed by atoms with E-state index >= 15 is 0 Å². The van der Waals surface area contributed by atoms with Crippen molar-refractivity contribution in [3.63, 3.8) is 0 Å². The van der Waals surface area contributed by atoms with Gasteiger partial charge in [0.15, 0.2) is 0 Å². The smallest absolute Gasteiger partial charge is 0.410 e. The van der Waals surface area contributed by atoms with Crippen LogP contribution in [0.1, 0.15) is 50.0 Å². The number of imide groups is 1. The highest BCUT2D eigenvalue weighted by Crippen LogP contribution is 2.26. The molecule has 198 valence electrons. The van der Waals surface area contributed by atoms with Crippen LogP contribution in [0.4, 0.5) is 4.79 Å². The molecule has 5 rings (SSSR count). The minimum Gasteiger partial charge on any atom is -0.444 e. The Morgan fingerprint density at radius 1 is 0.973 bits per heavy atom. The molecule has 1 aromatic heterocycles. The molecule has 4 heterocycles. The third kappa shape index (κ3) is 4.73. The lowest BCUT2D eigenvalue weighted by Gasteiger charge is -2.45. The van der Waals surface area contributed by atoms with Gasteiger partial charge in [0.25, 0.3) is 5.91 Å². The summed E-state index contributed by atoms with van der Waals surface area (Å²) < 4.78 is 14.1. The first kappa shape index (κ1) is 25.0. The summed E-state index contributed by atoms with van der Waals surface area (Å²) in [5.74, 6) is -1.03. The summed E-state index contributed by atoms with van der Waals surface area (Å²) in [4.78, 5) is 65.2. The van der Waals surface area contributed by atoms with Crippen LogP contribution in [0.25, 0.3) is 11.0 Å². The van der Waals surface area contributed by atoms with Crippen LogP contribution in [0.3, 0.4) is 0 Å². The van der Waals surface area contributed by atoms with Gasteiger partial charge in [-0.2, -0.15) is 0 Å². The average Bonchev–Trinajstić information content (AvgIpc) is 3.00. The molecule has 37 heavy (non-hydrogen) atoms. The van der Waals surface area contributed by atoms with Gasteiger partial charge in [0.2, 0.25) is 11.8 Å². The summed E-state index contributed by atoms with van der Waals surface area (Å²) in [6.07, 6.45) is -0.123. The van der Waals surface area contributed by atoms with E-state index in [1.807, 2.05) is 20.8 Å². The number of hydrogen-bond acceptors (Lipinski definition) is 7. The van der Waals surface area contributed by atoms with Crippen LogP contribution < -0.4 is 11.0 Å². The van der Waals surface area contributed by atoms with Crippen LogP contribution in [-0.4, -0.2) is 86.7 Å². The van der Waals surface area contributed by atoms with E-state index in [0.717, 1.165) is 0 Å². The normalized spacial score (nSPS) is 21.0. The lowest BCUT2D eigenvalue weighted by atomic mass is 10.0. The number of benzene rings is 1. The Balaban J connectivity index is 1.19. The highest BCUT2D eigenvalue weighted by Gasteiger charge is 2.40. The monoisotopic (exact) mass is 513 g/mol. The van der Waals surface area contributed by atoms with Crippen molar-refractivity contribution in [3.8, 4) is 0 Å². The summed E-state index contributed by atoms with van der Waals surface area (Å²) in [5.41, 5.74) is 0.573. The van der Waals surface area contributed by atoms with Crippen molar-refractivity contribution in [1.82, 2.24) is 24.3 Å². The van der Waals surface area contributed by atoms with Crippen molar-refractivity contribution in [3.05, 3.63) is 34.2 Å². The fourth-order valence-electron chi connectivity index (χ4n) is 4.87. The molecule has 0 radical (unpaired) electrons. The topological polar surface area (TPSA) is 132 Å². The zero-order valence-electron chi connectivity index (χ0n) is 21.4. The Morgan fingerprint density at radius 2 is 1.62 bits per heavy atom. The number of fused-ring (bicyclic) bond motifs is 1. The fraction of sp³-hybridized carbons (Fsp3) is 0.560. The van der Waals surface area contributed by atoms with E-state index in [4.69, 9.17) is 9.47 Å². The molecule has 2 aromatic rings. The molecule has 1 atom stereocenters. The van der Waals surface area contributed by atoms with Gasteiger partial charge in [-0.15, -0.1) is 0 Å². The summed E-state index contributed by atoms with van der Waals surface area (Å²) >= 11 is 0. The van der Waals surface area contributed by atoms with Gasteiger partial charge in [-0.1, -0.05) is 0 Å². The highest BCUT2D eigenvalue weighted by molar-refractivity contribution is 6.01. The van der Waals surface area contributed by atoms with Crippen molar-refractivity contribution < 1.29 is 28.7 Å². The Kier molecular flexibility index (Phi) is 6.09. The number of carbonyl (C=O) groups is 4. The van der Waals surface area contributed by atoms with Crippen LogP contribution in [0.2, 0.25) is 0 Å². The van der Waals surface area contributed by atoms with Crippen molar-refractivity contribution in [2.75, 3.05) is 26.2 Å². The first-order valence-electron chi connectivity index (χ1n) is 12.4. The van der Waals surface area contributed by atoms with Gasteiger partial charge >= 0.3 is 11.8 Å². The van der Waals surface area contributed by atoms with Gasteiger partial charge in [-0.3, -0.25) is 28.8 Å². The Hall–Kier alpha value is -3.67. The van der Waals surface area contributed by atoms with E-state index in [0.29, 0.717) is 42.8 Å². The molecule has 1 aromatic carbocycles. The number of carbonyl (C=O) groups excluding carboxylic acids is 4. The van der Waals surface area contributed by atoms with Crippen molar-refractivity contribution in [1.29, 1.82) is 0 Å². The second-order valence-electron chi connectivity index (χ2n) is 10.9. The molecule has 3 aliphatic heterocycles. The lowest BCUT2D eigenvalue weighted by Crippen LogP contribution is -2.61. The standard InChI is InChI=1S/C25H31N5O7/c1-25(2,3)37-24(35)29-12-16(13-29)36-15-10-28(11-15)22(33)14-5-6-17-19(9-14)27(4)23(34)30(17)18-7-8-20(31)26-21(18)32/h5-6,9,15-16,18H,7-8,10-13H2,1-4H3,(H,26,31,32). The number of aryl methyl sites for hydroxylation is 1. The number of ether oxygens (including phenoxy) is 2. The number of hydrogen-bond donors (Lipinski definition) is 1. The Morgan fingerprint density at radius 3 is 2.24 bits per heavy atom. The molecule has 0 aliphatic carbocycles. The number of nitrogens with zero attached hydrogens (tertiary/aromatic N) is 4.